The van der Waals surface area contributed by atoms with Gasteiger partial charge >= 0.3 is 11.9 Å². The summed E-state index contributed by atoms with van der Waals surface area (Å²) in [6.45, 7) is 4.20. The van der Waals surface area contributed by atoms with Crippen LogP contribution in [0, 0.1) is 0 Å². The van der Waals surface area contributed by atoms with Gasteiger partial charge in [-0.25, -0.2) is 0 Å². The van der Waals surface area contributed by atoms with Crippen LogP contribution in [0.25, 0.3) is 0 Å². The summed E-state index contributed by atoms with van der Waals surface area (Å²) in [5.74, 6) is -1.16. The Morgan fingerprint density at radius 1 is 0.769 bits per heavy atom. The Labute approximate surface area is 161 Å². The van der Waals surface area contributed by atoms with Gasteiger partial charge in [0.2, 0.25) is 10.5 Å². The number of rotatable bonds is 8. The van der Waals surface area contributed by atoms with Crippen molar-refractivity contribution in [2.75, 3.05) is 13.2 Å². The number of halogens is 2. The summed E-state index contributed by atoms with van der Waals surface area (Å²) in [6, 6.07) is 0. The SMILES string of the molecule is CC.O=C(Cl)CCC(=O)O[C@@H]1CO[C@H]2[C@@H]1OC[C@H]2OC(=O)CCC(=O)Cl. The van der Waals surface area contributed by atoms with Crippen molar-refractivity contribution in [2.24, 2.45) is 0 Å². The van der Waals surface area contributed by atoms with Crippen molar-refractivity contribution >= 4 is 45.6 Å². The fourth-order valence-corrected chi connectivity index (χ4v) is 2.68. The minimum atomic E-state index is -0.638. The zero-order valence-electron chi connectivity index (χ0n) is 14.6. The molecule has 0 bridgehead atoms. The maximum atomic E-state index is 11.6. The van der Waals surface area contributed by atoms with E-state index in [1.54, 1.807) is 0 Å². The fourth-order valence-electron chi connectivity index (χ4n) is 2.49. The standard InChI is InChI=1S/C14H16Cl2O8.C2H6/c15-9(17)1-3-11(19)23-7-5-21-14-8(6-22-13(7)14)24-12(20)4-2-10(16)18;1-2/h7-8,13-14H,1-6H2;1-2H3/t7-,8-,13-,14-;/m1./s1. The lowest BCUT2D eigenvalue weighted by atomic mass is 10.1. The van der Waals surface area contributed by atoms with Crippen molar-refractivity contribution in [3.8, 4) is 0 Å². The van der Waals surface area contributed by atoms with Crippen LogP contribution in [0.15, 0.2) is 0 Å². The van der Waals surface area contributed by atoms with E-state index in [4.69, 9.17) is 42.1 Å². The molecule has 0 unspecified atom stereocenters. The number of hydrogen-bond donors (Lipinski definition) is 0. The van der Waals surface area contributed by atoms with Gasteiger partial charge in [-0.05, 0) is 23.2 Å². The third-order valence-electron chi connectivity index (χ3n) is 3.58. The van der Waals surface area contributed by atoms with Gasteiger partial charge in [-0.15, -0.1) is 0 Å². The van der Waals surface area contributed by atoms with Gasteiger partial charge in [-0.2, -0.15) is 0 Å². The van der Waals surface area contributed by atoms with Crippen molar-refractivity contribution in [3.63, 3.8) is 0 Å². The highest BCUT2D eigenvalue weighted by atomic mass is 35.5. The van der Waals surface area contributed by atoms with Gasteiger partial charge in [0.1, 0.15) is 12.2 Å². The summed E-state index contributed by atoms with van der Waals surface area (Å²) in [5.41, 5.74) is 0. The van der Waals surface area contributed by atoms with E-state index < -0.39 is 46.8 Å². The van der Waals surface area contributed by atoms with E-state index in [1.807, 2.05) is 13.8 Å². The van der Waals surface area contributed by atoms with Crippen LogP contribution in [-0.4, -0.2) is 60.1 Å². The van der Waals surface area contributed by atoms with Gasteiger partial charge in [0.15, 0.2) is 12.2 Å². The van der Waals surface area contributed by atoms with Gasteiger partial charge in [0.05, 0.1) is 26.1 Å². The minimum absolute atomic E-state index is 0.101. The quantitative estimate of drug-likeness (QED) is 0.438. The van der Waals surface area contributed by atoms with Crippen LogP contribution in [0.4, 0.5) is 0 Å². The molecule has 2 saturated heterocycles. The molecule has 26 heavy (non-hydrogen) atoms. The Balaban J connectivity index is 0.00000163. The molecule has 2 fully saturated rings. The third-order valence-corrected chi connectivity index (χ3v) is 3.96. The lowest BCUT2D eigenvalue weighted by Gasteiger charge is -2.17. The molecule has 10 heteroatoms. The van der Waals surface area contributed by atoms with E-state index in [1.165, 1.54) is 0 Å². The summed E-state index contributed by atoms with van der Waals surface area (Å²) in [4.78, 5) is 44.5. The fraction of sp³-hybridized carbons (Fsp3) is 0.750. The average molecular weight is 413 g/mol. The van der Waals surface area contributed by atoms with Crippen LogP contribution in [0.2, 0.25) is 0 Å². The van der Waals surface area contributed by atoms with Gasteiger partial charge < -0.3 is 18.9 Å². The van der Waals surface area contributed by atoms with Crippen LogP contribution < -0.4 is 0 Å². The first-order chi connectivity index (χ1) is 12.4. The normalized spacial score (nSPS) is 26.3. The largest absolute Gasteiger partial charge is 0.457 e. The highest BCUT2D eigenvalue weighted by Crippen LogP contribution is 2.31. The molecule has 2 rings (SSSR count). The third kappa shape index (κ3) is 7.19. The molecule has 0 aromatic carbocycles. The molecule has 4 atom stereocenters. The number of esters is 2. The van der Waals surface area contributed by atoms with E-state index in [0.717, 1.165) is 0 Å². The molecule has 0 spiro atoms. The lowest BCUT2D eigenvalue weighted by Crippen LogP contribution is -2.36. The lowest BCUT2D eigenvalue weighted by molar-refractivity contribution is -0.156. The predicted molar refractivity (Wildman–Crippen MR) is 90.8 cm³/mol. The van der Waals surface area contributed by atoms with Crippen LogP contribution in [0.5, 0.6) is 0 Å². The highest BCUT2D eigenvalue weighted by molar-refractivity contribution is 6.63. The first kappa shape index (κ1) is 22.8. The van der Waals surface area contributed by atoms with E-state index in [2.05, 4.69) is 0 Å². The summed E-state index contributed by atoms with van der Waals surface area (Å²) < 4.78 is 21.4. The maximum Gasteiger partial charge on any atom is 0.306 e. The van der Waals surface area contributed by atoms with Crippen LogP contribution in [-0.2, 0) is 38.1 Å². The van der Waals surface area contributed by atoms with Gasteiger partial charge in [0, 0.05) is 12.8 Å². The molecule has 0 aromatic rings. The molecule has 2 aliphatic heterocycles. The van der Waals surface area contributed by atoms with Crippen molar-refractivity contribution in [3.05, 3.63) is 0 Å². The van der Waals surface area contributed by atoms with E-state index in [-0.39, 0.29) is 38.9 Å². The van der Waals surface area contributed by atoms with Crippen LogP contribution in [0.1, 0.15) is 39.5 Å². The Bertz CT molecular complexity index is 478. The molecule has 0 aliphatic carbocycles. The smallest absolute Gasteiger partial charge is 0.306 e. The van der Waals surface area contributed by atoms with Crippen molar-refractivity contribution in [2.45, 2.75) is 63.9 Å². The number of hydrogen-bond acceptors (Lipinski definition) is 8. The maximum absolute atomic E-state index is 11.6. The second-order valence-corrected chi connectivity index (χ2v) is 6.21. The number of fused-ring (bicyclic) bond motifs is 1. The molecule has 8 nitrogen and oxygen atoms in total. The van der Waals surface area contributed by atoms with Crippen molar-refractivity contribution < 1.29 is 38.1 Å². The Morgan fingerprint density at radius 3 is 1.42 bits per heavy atom. The summed E-state index contributed by atoms with van der Waals surface area (Å²) in [5, 5.41) is -1.24. The summed E-state index contributed by atoms with van der Waals surface area (Å²) >= 11 is 10.3. The molecule has 0 amide bonds. The van der Waals surface area contributed by atoms with Gasteiger partial charge in [0.25, 0.3) is 0 Å². The summed E-state index contributed by atoms with van der Waals surface area (Å²) in [7, 11) is 0. The Morgan fingerprint density at radius 2 is 1.12 bits per heavy atom. The first-order valence-electron chi connectivity index (χ1n) is 8.35. The second-order valence-electron chi connectivity index (χ2n) is 5.36. The van der Waals surface area contributed by atoms with E-state index in [9.17, 15) is 19.2 Å². The Kier molecular flexibility index (Phi) is 10.1. The molecule has 2 heterocycles. The van der Waals surface area contributed by atoms with Crippen molar-refractivity contribution in [1.82, 2.24) is 0 Å². The second kappa shape index (κ2) is 11.5. The van der Waals surface area contributed by atoms with Gasteiger partial charge in [-0.1, -0.05) is 13.8 Å². The van der Waals surface area contributed by atoms with E-state index in [0.29, 0.717) is 0 Å². The first-order valence-corrected chi connectivity index (χ1v) is 9.11. The number of carbonyl (C=O) groups is 4. The van der Waals surface area contributed by atoms with Gasteiger partial charge in [-0.3, -0.25) is 19.2 Å². The molecule has 0 saturated carbocycles. The minimum Gasteiger partial charge on any atom is -0.457 e. The number of carbonyl (C=O) groups excluding carboxylic acids is 4. The predicted octanol–water partition coefficient (Wildman–Crippen LogP) is 1.72. The molecule has 0 radical (unpaired) electrons. The topological polar surface area (TPSA) is 105 Å². The Hall–Kier alpha value is -1.22. The molecular formula is C16H22Cl2O8. The zero-order chi connectivity index (χ0) is 19.7. The number of ether oxygens (including phenoxy) is 4. The van der Waals surface area contributed by atoms with E-state index >= 15 is 0 Å². The monoisotopic (exact) mass is 412 g/mol. The molecule has 0 aromatic heterocycles. The van der Waals surface area contributed by atoms with Crippen LogP contribution in [0.3, 0.4) is 0 Å². The zero-order valence-corrected chi connectivity index (χ0v) is 16.1. The summed E-state index contributed by atoms with van der Waals surface area (Å²) in [6.07, 6.45) is -2.84. The molecule has 0 N–H and O–H groups in total. The molecular weight excluding hydrogens is 391 g/mol. The van der Waals surface area contributed by atoms with Crippen LogP contribution >= 0.6 is 23.2 Å². The molecule has 2 aliphatic rings. The average Bonchev–Trinajstić information content (AvgIpc) is 3.17. The van der Waals surface area contributed by atoms with Crippen molar-refractivity contribution in [1.29, 1.82) is 0 Å². The highest BCUT2D eigenvalue weighted by Gasteiger charge is 2.51. The molecule has 148 valence electrons.